The van der Waals surface area contributed by atoms with Crippen molar-refractivity contribution in [2.24, 2.45) is 0 Å². The van der Waals surface area contributed by atoms with Crippen LogP contribution in [0.5, 0.6) is 0 Å². The van der Waals surface area contributed by atoms with Crippen molar-refractivity contribution in [1.82, 2.24) is 15.3 Å². The summed E-state index contributed by atoms with van der Waals surface area (Å²) in [5.74, 6) is 0.494. The molecule has 0 aromatic carbocycles. The van der Waals surface area contributed by atoms with E-state index in [0.29, 0.717) is 17.5 Å². The van der Waals surface area contributed by atoms with Gasteiger partial charge in [-0.25, -0.2) is 9.97 Å². The highest BCUT2D eigenvalue weighted by atomic mass is 32.2. The molecule has 0 aliphatic carbocycles. The molecule has 0 saturated heterocycles. The van der Waals surface area contributed by atoms with Crippen molar-refractivity contribution < 1.29 is 4.79 Å². The average Bonchev–Trinajstić information content (AvgIpc) is 2.71. The fourth-order valence-corrected chi connectivity index (χ4v) is 3.81. The van der Waals surface area contributed by atoms with E-state index in [-0.39, 0.29) is 11.2 Å². The molecule has 0 radical (unpaired) electrons. The molecule has 2 aromatic rings. The van der Waals surface area contributed by atoms with Crippen LogP contribution in [0.4, 0.5) is 5.82 Å². The molecule has 0 bridgehead atoms. The number of hydrogen-bond donors (Lipinski definition) is 2. The maximum Gasteiger partial charge on any atom is 0.233 e. The van der Waals surface area contributed by atoms with Gasteiger partial charge in [-0.1, -0.05) is 18.7 Å². The zero-order valence-corrected chi connectivity index (χ0v) is 14.3. The Hall–Kier alpha value is -1.34. The molecule has 0 aliphatic rings. The van der Waals surface area contributed by atoms with Crippen molar-refractivity contribution in [3.05, 3.63) is 10.4 Å². The number of fused-ring (bicyclic) bond motifs is 1. The monoisotopic (exact) mass is 324 g/mol. The first kappa shape index (κ1) is 16.0. The van der Waals surface area contributed by atoms with Gasteiger partial charge in [0.1, 0.15) is 10.6 Å². The zero-order chi connectivity index (χ0) is 15.6. The molecule has 114 valence electrons. The Morgan fingerprint density at radius 3 is 2.81 bits per heavy atom. The second-order valence-electron chi connectivity index (χ2n) is 4.91. The number of thiophene rings is 1. The number of amides is 1. The number of hydrogen-bond acceptors (Lipinski definition) is 6. The number of aryl methyl sites for hydroxylation is 2. The van der Waals surface area contributed by atoms with E-state index < -0.39 is 0 Å². The minimum atomic E-state index is -0.240. The third-order valence-electron chi connectivity index (χ3n) is 3.24. The normalized spacial score (nSPS) is 12.6. The van der Waals surface area contributed by atoms with Gasteiger partial charge in [-0.3, -0.25) is 4.79 Å². The molecule has 1 amide bonds. The zero-order valence-electron chi connectivity index (χ0n) is 12.7. The Morgan fingerprint density at radius 1 is 1.43 bits per heavy atom. The second-order valence-corrected chi connectivity index (χ2v) is 7.42. The Kier molecular flexibility index (Phi) is 5.05. The van der Waals surface area contributed by atoms with Crippen molar-refractivity contribution in [3.8, 4) is 0 Å². The summed E-state index contributed by atoms with van der Waals surface area (Å²) in [4.78, 5) is 22.8. The number of nitrogens with zero attached hydrogens (tertiary/aromatic N) is 2. The largest absolute Gasteiger partial charge is 0.383 e. The lowest BCUT2D eigenvalue weighted by molar-refractivity contribution is -0.120. The Labute approximate surface area is 132 Å². The number of thioether (sulfide) groups is 1. The lowest BCUT2D eigenvalue weighted by Gasteiger charge is -2.10. The summed E-state index contributed by atoms with van der Waals surface area (Å²) >= 11 is 2.95. The first-order valence-electron chi connectivity index (χ1n) is 6.91. The number of anilines is 1. The molecule has 7 heteroatoms. The number of carbonyl (C=O) groups excluding carboxylic acids is 1. The van der Waals surface area contributed by atoms with Gasteiger partial charge in [-0.2, -0.15) is 0 Å². The van der Waals surface area contributed by atoms with E-state index in [4.69, 9.17) is 5.73 Å². The summed E-state index contributed by atoms with van der Waals surface area (Å²) < 4.78 is 0. The maximum absolute atomic E-state index is 11.9. The van der Waals surface area contributed by atoms with Gasteiger partial charge in [0, 0.05) is 11.4 Å². The van der Waals surface area contributed by atoms with Gasteiger partial charge >= 0.3 is 0 Å². The maximum atomic E-state index is 11.9. The van der Waals surface area contributed by atoms with Crippen LogP contribution < -0.4 is 11.1 Å². The van der Waals surface area contributed by atoms with Crippen molar-refractivity contribution in [2.45, 2.75) is 44.5 Å². The molecule has 2 aromatic heterocycles. The van der Waals surface area contributed by atoms with E-state index in [0.717, 1.165) is 22.2 Å². The summed E-state index contributed by atoms with van der Waals surface area (Å²) in [6, 6.07) is 0. The highest BCUT2D eigenvalue weighted by Crippen LogP contribution is 2.34. The summed E-state index contributed by atoms with van der Waals surface area (Å²) in [5, 5.41) is 4.12. The molecule has 3 N–H and O–H groups in total. The Balaban J connectivity index is 2.21. The van der Waals surface area contributed by atoms with E-state index in [9.17, 15) is 4.79 Å². The average molecular weight is 324 g/mol. The van der Waals surface area contributed by atoms with Crippen LogP contribution in [-0.2, 0) is 4.79 Å². The van der Waals surface area contributed by atoms with Gasteiger partial charge in [0.15, 0.2) is 5.16 Å². The summed E-state index contributed by atoms with van der Waals surface area (Å²) in [6.07, 6.45) is 0.923. The van der Waals surface area contributed by atoms with E-state index in [1.54, 1.807) is 11.3 Å². The number of nitrogens with one attached hydrogen (secondary N) is 1. The third kappa shape index (κ3) is 3.47. The predicted octanol–water partition coefficient (Wildman–Crippen LogP) is 2.90. The topological polar surface area (TPSA) is 80.9 Å². The number of carbonyl (C=O) groups is 1. The van der Waals surface area contributed by atoms with Crippen LogP contribution in [0.3, 0.4) is 0 Å². The van der Waals surface area contributed by atoms with Gasteiger partial charge in [0.2, 0.25) is 5.91 Å². The number of nitrogen functional groups attached to an aromatic ring is 1. The van der Waals surface area contributed by atoms with Gasteiger partial charge in [0.25, 0.3) is 0 Å². The molecular formula is C14H20N4OS2. The fraction of sp³-hybridized carbons (Fsp3) is 0.500. The molecular weight excluding hydrogens is 304 g/mol. The highest BCUT2D eigenvalue weighted by Gasteiger charge is 2.18. The van der Waals surface area contributed by atoms with Crippen LogP contribution in [0.15, 0.2) is 5.16 Å². The van der Waals surface area contributed by atoms with Crippen LogP contribution >= 0.6 is 23.1 Å². The summed E-state index contributed by atoms with van der Waals surface area (Å²) in [7, 11) is 0. The summed E-state index contributed by atoms with van der Waals surface area (Å²) in [5.41, 5.74) is 7.18. The van der Waals surface area contributed by atoms with Crippen molar-refractivity contribution >= 4 is 45.0 Å². The van der Waals surface area contributed by atoms with E-state index in [2.05, 4.69) is 22.2 Å². The number of nitrogens with two attached hydrogens (primary N) is 1. The van der Waals surface area contributed by atoms with Crippen LogP contribution in [0.2, 0.25) is 0 Å². The number of rotatable bonds is 5. The summed E-state index contributed by atoms with van der Waals surface area (Å²) in [6.45, 7) is 8.65. The van der Waals surface area contributed by atoms with Gasteiger partial charge in [-0.05, 0) is 32.8 Å². The SMILES string of the molecule is CCCNC(=O)C(C)Sc1nc(N)c2c(C)c(C)sc2n1. The van der Waals surface area contributed by atoms with E-state index in [1.807, 2.05) is 20.8 Å². The highest BCUT2D eigenvalue weighted by molar-refractivity contribution is 8.00. The van der Waals surface area contributed by atoms with Crippen molar-refractivity contribution in [1.29, 1.82) is 0 Å². The molecule has 21 heavy (non-hydrogen) atoms. The van der Waals surface area contributed by atoms with E-state index in [1.165, 1.54) is 16.6 Å². The van der Waals surface area contributed by atoms with Crippen molar-refractivity contribution in [3.63, 3.8) is 0 Å². The molecule has 5 nitrogen and oxygen atoms in total. The smallest absolute Gasteiger partial charge is 0.233 e. The lowest BCUT2D eigenvalue weighted by atomic mass is 10.2. The molecule has 1 atom stereocenters. The van der Waals surface area contributed by atoms with Crippen LogP contribution in [-0.4, -0.2) is 27.7 Å². The second kappa shape index (κ2) is 6.62. The molecule has 2 heterocycles. The van der Waals surface area contributed by atoms with Gasteiger partial charge in [-0.15, -0.1) is 11.3 Å². The molecule has 1 unspecified atom stereocenters. The van der Waals surface area contributed by atoms with Crippen molar-refractivity contribution in [2.75, 3.05) is 12.3 Å². The van der Waals surface area contributed by atoms with Gasteiger partial charge in [0.05, 0.1) is 10.6 Å². The molecule has 0 fully saturated rings. The van der Waals surface area contributed by atoms with Crippen LogP contribution in [0.25, 0.3) is 10.2 Å². The number of aromatic nitrogens is 2. The molecule has 0 aliphatic heterocycles. The molecule has 0 spiro atoms. The quantitative estimate of drug-likeness (QED) is 0.653. The van der Waals surface area contributed by atoms with E-state index >= 15 is 0 Å². The lowest BCUT2D eigenvalue weighted by Crippen LogP contribution is -2.31. The molecule has 0 saturated carbocycles. The molecule has 2 rings (SSSR count). The Morgan fingerprint density at radius 2 is 2.14 bits per heavy atom. The minimum Gasteiger partial charge on any atom is -0.383 e. The van der Waals surface area contributed by atoms with Crippen LogP contribution in [0, 0.1) is 13.8 Å². The Bertz CT molecular complexity index is 669. The minimum absolute atomic E-state index is 0.00246. The van der Waals surface area contributed by atoms with Crippen LogP contribution in [0.1, 0.15) is 30.7 Å². The third-order valence-corrected chi connectivity index (χ3v) is 5.30. The standard InChI is InChI=1S/C14H20N4OS2/c1-5-6-16-12(19)9(4)21-14-17-11(15)10-7(2)8(3)20-13(10)18-14/h9H,5-6H2,1-4H3,(H,16,19)(H2,15,17,18). The predicted molar refractivity (Wildman–Crippen MR) is 89.9 cm³/mol. The first-order valence-corrected chi connectivity index (χ1v) is 8.61. The fourth-order valence-electron chi connectivity index (χ4n) is 1.92. The first-order chi connectivity index (χ1) is 9.93. The van der Waals surface area contributed by atoms with Gasteiger partial charge < -0.3 is 11.1 Å².